The van der Waals surface area contributed by atoms with E-state index in [0.717, 1.165) is 12.2 Å². The summed E-state index contributed by atoms with van der Waals surface area (Å²) >= 11 is 0. The lowest BCUT2D eigenvalue weighted by molar-refractivity contribution is 0.131. The highest BCUT2D eigenvalue weighted by atomic mass is 31.2. The van der Waals surface area contributed by atoms with Gasteiger partial charge in [-0.05, 0) is 42.0 Å². The van der Waals surface area contributed by atoms with Gasteiger partial charge in [-0.1, -0.05) is 51.1 Å². The molecule has 142 valence electrons. The zero-order valence-corrected chi connectivity index (χ0v) is 16.4. The van der Waals surface area contributed by atoms with Crippen LogP contribution in [0.15, 0.2) is 54.6 Å². The van der Waals surface area contributed by atoms with Crippen molar-refractivity contribution in [3.63, 3.8) is 0 Å². The van der Waals surface area contributed by atoms with Gasteiger partial charge in [0.25, 0.3) is 0 Å². The first kappa shape index (κ1) is 20.5. The Balaban J connectivity index is 1.89. The Bertz CT molecular complexity index is 739. The van der Waals surface area contributed by atoms with E-state index in [1.54, 1.807) is 18.2 Å². The van der Waals surface area contributed by atoms with Gasteiger partial charge in [0.05, 0.1) is 13.2 Å². The fourth-order valence-corrected chi connectivity index (χ4v) is 3.62. The molecule has 6 heteroatoms. The summed E-state index contributed by atoms with van der Waals surface area (Å²) in [6.45, 7) is 7.23. The number of hydrogen-bond donors (Lipinski definition) is 2. The molecule has 0 saturated heterocycles. The molecule has 2 aromatic rings. The highest BCUT2D eigenvalue weighted by Gasteiger charge is 2.26. The van der Waals surface area contributed by atoms with E-state index in [4.69, 9.17) is 9.47 Å². The van der Waals surface area contributed by atoms with E-state index in [0.29, 0.717) is 19.1 Å². The standard InChI is InChI=1S/C20H27O5P/c1-16(14-24-17-9-5-4-6-10-17)13-20(2,3)15-25-18-11-7-8-12-19(18)26(21,22)23/h4-12,16H,13-15H2,1-3H3,(H2,21,22,23). The molecular formula is C20H27O5P. The van der Waals surface area contributed by atoms with Gasteiger partial charge in [0, 0.05) is 0 Å². The average molecular weight is 378 g/mol. The van der Waals surface area contributed by atoms with Crippen molar-refractivity contribution in [3.8, 4) is 11.5 Å². The summed E-state index contributed by atoms with van der Waals surface area (Å²) in [4.78, 5) is 18.9. The third-order valence-electron chi connectivity index (χ3n) is 3.98. The SMILES string of the molecule is CC(COc1ccccc1)CC(C)(C)COc1ccccc1P(=O)(O)O. The predicted octanol–water partition coefficient (Wildman–Crippen LogP) is 4.00. The first-order valence-electron chi connectivity index (χ1n) is 8.63. The third kappa shape index (κ3) is 6.49. The van der Waals surface area contributed by atoms with Crippen LogP contribution in [0.25, 0.3) is 0 Å². The van der Waals surface area contributed by atoms with E-state index in [1.165, 1.54) is 6.07 Å². The van der Waals surface area contributed by atoms with E-state index < -0.39 is 7.60 Å². The first-order chi connectivity index (χ1) is 12.2. The van der Waals surface area contributed by atoms with Crippen molar-refractivity contribution in [1.29, 1.82) is 0 Å². The molecule has 2 rings (SSSR count). The fourth-order valence-electron chi connectivity index (χ4n) is 2.91. The molecule has 1 unspecified atom stereocenters. The van der Waals surface area contributed by atoms with Crippen LogP contribution < -0.4 is 14.8 Å². The van der Waals surface area contributed by atoms with Crippen molar-refractivity contribution in [3.05, 3.63) is 54.6 Å². The lowest BCUT2D eigenvalue weighted by Gasteiger charge is -2.28. The van der Waals surface area contributed by atoms with Crippen LogP contribution in [0.2, 0.25) is 0 Å². The topological polar surface area (TPSA) is 76.0 Å². The molecule has 0 spiro atoms. The summed E-state index contributed by atoms with van der Waals surface area (Å²) in [5.41, 5.74) is -0.165. The molecule has 0 aliphatic rings. The second-order valence-corrected chi connectivity index (χ2v) is 8.97. The Kier molecular flexibility index (Phi) is 6.87. The van der Waals surface area contributed by atoms with Crippen LogP contribution >= 0.6 is 7.60 Å². The van der Waals surface area contributed by atoms with Crippen molar-refractivity contribution < 1.29 is 23.8 Å². The number of rotatable bonds is 9. The predicted molar refractivity (Wildman–Crippen MR) is 103 cm³/mol. The van der Waals surface area contributed by atoms with Crippen molar-refractivity contribution in [2.75, 3.05) is 13.2 Å². The van der Waals surface area contributed by atoms with Crippen molar-refractivity contribution in [1.82, 2.24) is 0 Å². The minimum atomic E-state index is -4.35. The highest BCUT2D eigenvalue weighted by Crippen LogP contribution is 2.37. The van der Waals surface area contributed by atoms with Crippen LogP contribution in [-0.4, -0.2) is 23.0 Å². The Morgan fingerprint density at radius 3 is 2.27 bits per heavy atom. The Labute approximate surface area is 155 Å². The molecule has 1 atom stereocenters. The second kappa shape index (κ2) is 8.72. The first-order valence-corrected chi connectivity index (χ1v) is 10.2. The normalized spacial score (nSPS) is 13.3. The number of para-hydroxylation sites is 2. The minimum Gasteiger partial charge on any atom is -0.493 e. The molecule has 0 aromatic heterocycles. The summed E-state index contributed by atoms with van der Waals surface area (Å²) in [6.07, 6.45) is 0.859. The maximum absolute atomic E-state index is 11.6. The van der Waals surface area contributed by atoms with Gasteiger partial charge in [0.15, 0.2) is 0 Å². The lowest BCUT2D eigenvalue weighted by Crippen LogP contribution is -2.27. The number of benzene rings is 2. The Morgan fingerprint density at radius 1 is 1.00 bits per heavy atom. The molecule has 0 heterocycles. The number of hydrogen-bond acceptors (Lipinski definition) is 3. The molecule has 0 saturated carbocycles. The minimum absolute atomic E-state index is 0.0729. The van der Waals surface area contributed by atoms with Gasteiger partial charge in [-0.2, -0.15) is 0 Å². The smallest absolute Gasteiger partial charge is 0.359 e. The molecule has 2 aromatic carbocycles. The van der Waals surface area contributed by atoms with Crippen LogP contribution in [0.3, 0.4) is 0 Å². The summed E-state index contributed by atoms with van der Waals surface area (Å²) in [7, 11) is -4.35. The molecule has 0 bridgehead atoms. The van der Waals surface area contributed by atoms with Crippen LogP contribution in [0.5, 0.6) is 11.5 Å². The molecule has 0 amide bonds. The largest absolute Gasteiger partial charge is 0.493 e. The lowest BCUT2D eigenvalue weighted by atomic mass is 9.84. The van der Waals surface area contributed by atoms with Gasteiger partial charge in [-0.3, -0.25) is 4.57 Å². The van der Waals surface area contributed by atoms with Crippen LogP contribution in [0.4, 0.5) is 0 Å². The van der Waals surface area contributed by atoms with Gasteiger partial charge in [-0.25, -0.2) is 0 Å². The van der Waals surface area contributed by atoms with Crippen LogP contribution in [0.1, 0.15) is 27.2 Å². The average Bonchev–Trinajstić information content (AvgIpc) is 2.58. The monoisotopic (exact) mass is 378 g/mol. The van der Waals surface area contributed by atoms with Gasteiger partial charge in [0.2, 0.25) is 0 Å². The summed E-state index contributed by atoms with van der Waals surface area (Å²) in [6, 6.07) is 16.0. The van der Waals surface area contributed by atoms with Gasteiger partial charge < -0.3 is 19.3 Å². The quantitative estimate of drug-likeness (QED) is 0.645. The third-order valence-corrected chi connectivity index (χ3v) is 4.97. The molecule has 0 aliphatic carbocycles. The fraction of sp³-hybridized carbons (Fsp3) is 0.400. The summed E-state index contributed by atoms with van der Waals surface area (Å²) in [5, 5.41) is -0.0729. The molecular weight excluding hydrogens is 351 g/mol. The maximum atomic E-state index is 11.6. The molecule has 0 aliphatic heterocycles. The Hall–Kier alpha value is -1.81. The van der Waals surface area contributed by atoms with E-state index in [2.05, 4.69) is 20.8 Å². The van der Waals surface area contributed by atoms with Crippen molar-refractivity contribution in [2.24, 2.45) is 11.3 Å². The Morgan fingerprint density at radius 2 is 1.62 bits per heavy atom. The highest BCUT2D eigenvalue weighted by molar-refractivity contribution is 7.60. The molecule has 0 radical (unpaired) electrons. The molecule has 26 heavy (non-hydrogen) atoms. The van der Waals surface area contributed by atoms with E-state index >= 15 is 0 Å². The second-order valence-electron chi connectivity index (χ2n) is 7.40. The van der Waals surface area contributed by atoms with Gasteiger partial charge >= 0.3 is 7.60 Å². The van der Waals surface area contributed by atoms with Crippen LogP contribution in [-0.2, 0) is 4.57 Å². The molecule has 0 fully saturated rings. The molecule has 5 nitrogen and oxygen atoms in total. The van der Waals surface area contributed by atoms with Gasteiger partial charge in [-0.15, -0.1) is 0 Å². The zero-order chi connectivity index (χ0) is 19.2. The van der Waals surface area contributed by atoms with E-state index in [1.807, 2.05) is 30.3 Å². The van der Waals surface area contributed by atoms with E-state index in [9.17, 15) is 14.4 Å². The van der Waals surface area contributed by atoms with Crippen molar-refractivity contribution >= 4 is 12.9 Å². The number of ether oxygens (including phenoxy) is 2. The maximum Gasteiger partial charge on any atom is 0.359 e. The van der Waals surface area contributed by atoms with Crippen LogP contribution in [0, 0.1) is 11.3 Å². The summed E-state index contributed by atoms with van der Waals surface area (Å²) in [5.74, 6) is 1.40. The van der Waals surface area contributed by atoms with Gasteiger partial charge in [0.1, 0.15) is 16.8 Å². The molecule has 2 N–H and O–H groups in total. The summed E-state index contributed by atoms with van der Waals surface area (Å²) < 4.78 is 23.1. The van der Waals surface area contributed by atoms with Crippen molar-refractivity contribution in [2.45, 2.75) is 27.2 Å². The zero-order valence-electron chi connectivity index (χ0n) is 15.5. The van der Waals surface area contributed by atoms with E-state index in [-0.39, 0.29) is 16.5 Å².